The highest BCUT2D eigenvalue weighted by atomic mass is 35.5. The number of rotatable bonds is 1. The van der Waals surface area contributed by atoms with Crippen molar-refractivity contribution < 1.29 is 8.78 Å². The molecule has 15 heavy (non-hydrogen) atoms. The third kappa shape index (κ3) is 2.12. The van der Waals surface area contributed by atoms with Crippen LogP contribution in [0.1, 0.15) is 11.6 Å². The molecule has 0 bridgehead atoms. The molecule has 1 fully saturated rings. The number of benzene rings is 1. The zero-order valence-corrected chi connectivity index (χ0v) is 8.74. The molecule has 0 aliphatic carbocycles. The molecule has 0 unspecified atom stereocenters. The average molecular weight is 233 g/mol. The van der Waals surface area contributed by atoms with Gasteiger partial charge in [-0.2, -0.15) is 0 Å². The lowest BCUT2D eigenvalue weighted by atomic mass is 10.0. The van der Waals surface area contributed by atoms with E-state index in [4.69, 9.17) is 11.6 Å². The molecule has 1 heterocycles. The maximum absolute atomic E-state index is 13.5. The lowest BCUT2D eigenvalue weighted by molar-refractivity contribution is 0.415. The van der Waals surface area contributed by atoms with Crippen molar-refractivity contribution in [2.45, 2.75) is 6.04 Å². The maximum Gasteiger partial charge on any atom is 0.142 e. The molecule has 1 atom stereocenters. The Labute approximate surface area is 91.6 Å². The molecule has 2 N–H and O–H groups in total. The van der Waals surface area contributed by atoms with Crippen molar-refractivity contribution in [1.29, 1.82) is 0 Å². The molecular weight excluding hydrogens is 222 g/mol. The second-order valence-electron chi connectivity index (χ2n) is 3.47. The molecule has 2 rings (SSSR count). The summed E-state index contributed by atoms with van der Waals surface area (Å²) in [6.45, 7) is 2.10. The fourth-order valence-electron chi connectivity index (χ4n) is 1.72. The van der Waals surface area contributed by atoms with Crippen LogP contribution < -0.4 is 10.6 Å². The highest BCUT2D eigenvalue weighted by Gasteiger charge is 2.22. The predicted octanol–water partition coefficient (Wildman–Crippen LogP) is 1.85. The van der Waals surface area contributed by atoms with Crippen LogP contribution >= 0.6 is 11.6 Å². The number of nitrogens with one attached hydrogen (secondary N) is 2. The molecule has 5 heteroatoms. The van der Waals surface area contributed by atoms with Gasteiger partial charge in [0.25, 0.3) is 0 Å². The molecule has 1 aromatic carbocycles. The number of halogens is 3. The van der Waals surface area contributed by atoms with E-state index in [-0.39, 0.29) is 16.6 Å². The highest BCUT2D eigenvalue weighted by molar-refractivity contribution is 6.31. The first-order valence-corrected chi connectivity index (χ1v) is 5.15. The van der Waals surface area contributed by atoms with Crippen LogP contribution in [0.2, 0.25) is 5.02 Å². The van der Waals surface area contributed by atoms with Crippen LogP contribution in [-0.4, -0.2) is 19.6 Å². The third-order valence-electron chi connectivity index (χ3n) is 2.47. The van der Waals surface area contributed by atoms with Crippen molar-refractivity contribution in [2.75, 3.05) is 19.6 Å². The van der Waals surface area contributed by atoms with E-state index in [0.29, 0.717) is 6.54 Å². The Hall–Kier alpha value is -0.710. The molecule has 1 saturated heterocycles. The van der Waals surface area contributed by atoms with E-state index in [2.05, 4.69) is 10.6 Å². The zero-order chi connectivity index (χ0) is 10.8. The van der Waals surface area contributed by atoms with E-state index in [0.717, 1.165) is 25.2 Å². The van der Waals surface area contributed by atoms with E-state index in [9.17, 15) is 8.78 Å². The van der Waals surface area contributed by atoms with Gasteiger partial charge in [0.05, 0.1) is 5.02 Å². The Morgan fingerprint density at radius 2 is 1.93 bits per heavy atom. The monoisotopic (exact) mass is 232 g/mol. The van der Waals surface area contributed by atoms with Crippen molar-refractivity contribution in [3.63, 3.8) is 0 Å². The Kier molecular flexibility index (Phi) is 3.19. The van der Waals surface area contributed by atoms with E-state index in [1.54, 1.807) is 0 Å². The number of hydrogen-bond donors (Lipinski definition) is 2. The average Bonchev–Trinajstić information content (AvgIpc) is 2.26. The van der Waals surface area contributed by atoms with Crippen molar-refractivity contribution in [3.8, 4) is 0 Å². The lowest BCUT2D eigenvalue weighted by Gasteiger charge is -2.26. The summed E-state index contributed by atoms with van der Waals surface area (Å²) in [5, 5.41) is 6.06. The molecule has 0 amide bonds. The largest absolute Gasteiger partial charge is 0.314 e. The van der Waals surface area contributed by atoms with Crippen LogP contribution in [-0.2, 0) is 0 Å². The minimum atomic E-state index is -0.583. The van der Waals surface area contributed by atoms with Crippen molar-refractivity contribution in [2.24, 2.45) is 0 Å². The van der Waals surface area contributed by atoms with Gasteiger partial charge in [-0.3, -0.25) is 0 Å². The van der Waals surface area contributed by atoms with Crippen LogP contribution in [0.5, 0.6) is 0 Å². The van der Waals surface area contributed by atoms with Gasteiger partial charge in [-0.15, -0.1) is 0 Å². The topological polar surface area (TPSA) is 24.1 Å². The van der Waals surface area contributed by atoms with E-state index in [1.165, 1.54) is 0 Å². The molecular formula is C10H11ClF2N2. The third-order valence-corrected chi connectivity index (χ3v) is 2.85. The van der Waals surface area contributed by atoms with Crippen LogP contribution in [0.3, 0.4) is 0 Å². The molecule has 0 radical (unpaired) electrons. The first-order valence-electron chi connectivity index (χ1n) is 4.77. The number of piperazine rings is 1. The fourth-order valence-corrected chi connectivity index (χ4v) is 2.00. The SMILES string of the molecule is Fc1ccc(F)c([C@H]2CNCCN2)c1Cl. The summed E-state index contributed by atoms with van der Waals surface area (Å²) in [6.07, 6.45) is 0. The second-order valence-corrected chi connectivity index (χ2v) is 3.85. The summed E-state index contributed by atoms with van der Waals surface area (Å²) in [7, 11) is 0. The van der Waals surface area contributed by atoms with Gasteiger partial charge in [0.15, 0.2) is 0 Å². The van der Waals surface area contributed by atoms with E-state index >= 15 is 0 Å². The van der Waals surface area contributed by atoms with Crippen molar-refractivity contribution >= 4 is 11.6 Å². The minimum absolute atomic E-state index is 0.129. The van der Waals surface area contributed by atoms with Gasteiger partial charge in [-0.05, 0) is 12.1 Å². The van der Waals surface area contributed by atoms with E-state index in [1.807, 2.05) is 0 Å². The summed E-state index contributed by atoms with van der Waals surface area (Å²) in [5.41, 5.74) is 0.212. The summed E-state index contributed by atoms with van der Waals surface area (Å²) < 4.78 is 26.7. The molecule has 0 spiro atoms. The molecule has 1 aliphatic rings. The predicted molar refractivity (Wildman–Crippen MR) is 55.0 cm³/mol. The maximum atomic E-state index is 13.5. The standard InChI is InChI=1S/C10H11ClF2N2/c11-10-7(13)2-1-6(12)9(10)8-5-14-3-4-15-8/h1-2,8,14-15H,3-5H2/t8-/m1/s1. The van der Waals surface area contributed by atoms with Gasteiger partial charge >= 0.3 is 0 Å². The normalized spacial score (nSPS) is 21.7. The van der Waals surface area contributed by atoms with Gasteiger partial charge in [-0.1, -0.05) is 11.6 Å². The molecule has 82 valence electrons. The summed E-state index contributed by atoms with van der Waals surface area (Å²) >= 11 is 5.75. The summed E-state index contributed by atoms with van der Waals surface area (Å²) in [5.74, 6) is -1.05. The molecule has 0 aromatic heterocycles. The Bertz CT molecular complexity index is 365. The van der Waals surface area contributed by atoms with Gasteiger partial charge in [0.2, 0.25) is 0 Å². The molecule has 2 nitrogen and oxygen atoms in total. The first kappa shape index (κ1) is 10.8. The number of hydrogen-bond acceptors (Lipinski definition) is 2. The van der Waals surface area contributed by atoms with E-state index < -0.39 is 11.6 Å². The van der Waals surface area contributed by atoms with Crippen molar-refractivity contribution in [3.05, 3.63) is 34.4 Å². The zero-order valence-electron chi connectivity index (χ0n) is 7.99. The molecule has 0 saturated carbocycles. The van der Waals surface area contributed by atoms with Crippen LogP contribution in [0, 0.1) is 11.6 Å². The highest BCUT2D eigenvalue weighted by Crippen LogP contribution is 2.28. The van der Waals surface area contributed by atoms with Crippen molar-refractivity contribution in [1.82, 2.24) is 10.6 Å². The summed E-state index contributed by atoms with van der Waals surface area (Å²) in [4.78, 5) is 0. The van der Waals surface area contributed by atoms with Gasteiger partial charge in [0, 0.05) is 31.2 Å². The fraction of sp³-hybridized carbons (Fsp3) is 0.400. The van der Waals surface area contributed by atoms with Crippen LogP contribution in [0.4, 0.5) is 8.78 Å². The van der Waals surface area contributed by atoms with Crippen LogP contribution in [0.15, 0.2) is 12.1 Å². The molecule has 1 aliphatic heterocycles. The first-order chi connectivity index (χ1) is 7.20. The Balaban J connectivity index is 2.36. The van der Waals surface area contributed by atoms with Gasteiger partial charge in [-0.25, -0.2) is 8.78 Å². The Morgan fingerprint density at radius 1 is 1.20 bits per heavy atom. The second kappa shape index (κ2) is 4.43. The minimum Gasteiger partial charge on any atom is -0.314 e. The summed E-state index contributed by atoms with van der Waals surface area (Å²) in [6, 6.07) is 1.88. The van der Waals surface area contributed by atoms with Gasteiger partial charge in [0.1, 0.15) is 11.6 Å². The van der Waals surface area contributed by atoms with Gasteiger partial charge < -0.3 is 10.6 Å². The smallest absolute Gasteiger partial charge is 0.142 e. The van der Waals surface area contributed by atoms with Crippen LogP contribution in [0.25, 0.3) is 0 Å². The molecule has 1 aromatic rings. The Morgan fingerprint density at radius 3 is 2.60 bits per heavy atom. The lowest BCUT2D eigenvalue weighted by Crippen LogP contribution is -2.43. The quantitative estimate of drug-likeness (QED) is 0.723.